The van der Waals surface area contributed by atoms with Crippen LogP contribution in [-0.2, 0) is 6.54 Å². The molecule has 2 heterocycles. The van der Waals surface area contributed by atoms with Gasteiger partial charge in [-0.15, -0.1) is 20.4 Å². The highest BCUT2D eigenvalue weighted by Crippen LogP contribution is 2.26. The molecule has 0 fully saturated rings. The van der Waals surface area contributed by atoms with Gasteiger partial charge in [0.2, 0.25) is 17.6 Å². The number of nitrogens with zero attached hydrogens (tertiary/aromatic N) is 6. The molecule has 25 heavy (non-hydrogen) atoms. The lowest BCUT2D eigenvalue weighted by atomic mass is 10.1. The third-order valence-corrected chi connectivity index (χ3v) is 4.30. The Hall–Kier alpha value is -2.87. The first-order valence-electron chi connectivity index (χ1n) is 7.61. The number of hydrogen-bond donors (Lipinski definition) is 0. The van der Waals surface area contributed by atoms with Crippen LogP contribution < -0.4 is 0 Å². The topological polar surface area (TPSA) is 82.5 Å². The van der Waals surface area contributed by atoms with Crippen LogP contribution in [0, 0.1) is 6.92 Å². The number of tetrazole rings is 1. The maximum Gasteiger partial charge on any atom is 0.248 e. The van der Waals surface area contributed by atoms with Crippen molar-refractivity contribution >= 4 is 15.9 Å². The Bertz CT molecular complexity index is 1010. The van der Waals surface area contributed by atoms with Crippen LogP contribution in [0.2, 0.25) is 0 Å². The Balaban J connectivity index is 1.54. The van der Waals surface area contributed by atoms with E-state index in [0.717, 1.165) is 15.6 Å². The summed E-state index contributed by atoms with van der Waals surface area (Å²) in [6, 6.07) is 15.6. The lowest BCUT2D eigenvalue weighted by Gasteiger charge is -1.97. The van der Waals surface area contributed by atoms with E-state index < -0.39 is 0 Å². The average Bonchev–Trinajstić information content (AvgIpc) is 3.26. The van der Waals surface area contributed by atoms with E-state index in [-0.39, 0.29) is 6.54 Å². The predicted octanol–water partition coefficient (Wildman–Crippen LogP) is 3.51. The first-order valence-corrected chi connectivity index (χ1v) is 8.40. The summed E-state index contributed by atoms with van der Waals surface area (Å²) in [5.41, 5.74) is 2.94. The number of rotatable bonds is 4. The van der Waals surface area contributed by atoms with Crippen molar-refractivity contribution in [3.8, 4) is 22.8 Å². The van der Waals surface area contributed by atoms with Crippen molar-refractivity contribution in [1.82, 2.24) is 30.4 Å². The number of aromatic nitrogens is 6. The monoisotopic (exact) mass is 396 g/mol. The summed E-state index contributed by atoms with van der Waals surface area (Å²) in [7, 11) is 0. The number of aryl methyl sites for hydroxylation is 1. The molecule has 0 saturated carbocycles. The van der Waals surface area contributed by atoms with Crippen LogP contribution in [0.3, 0.4) is 0 Å². The number of halogens is 1. The van der Waals surface area contributed by atoms with E-state index in [9.17, 15) is 0 Å². The van der Waals surface area contributed by atoms with Crippen molar-refractivity contribution in [2.75, 3.05) is 0 Å². The summed E-state index contributed by atoms with van der Waals surface area (Å²) in [6.07, 6.45) is 0. The van der Waals surface area contributed by atoms with Gasteiger partial charge in [0.05, 0.1) is 5.56 Å². The second-order valence-electron chi connectivity index (χ2n) is 5.49. The molecule has 124 valence electrons. The van der Waals surface area contributed by atoms with Gasteiger partial charge < -0.3 is 4.42 Å². The Morgan fingerprint density at radius 3 is 2.60 bits per heavy atom. The van der Waals surface area contributed by atoms with Crippen LogP contribution in [0.1, 0.15) is 11.5 Å². The molecule has 8 heteroatoms. The molecule has 0 aliphatic rings. The van der Waals surface area contributed by atoms with Crippen LogP contribution in [-0.4, -0.2) is 30.4 Å². The second kappa shape index (κ2) is 6.56. The highest BCUT2D eigenvalue weighted by atomic mass is 79.9. The smallest absolute Gasteiger partial charge is 0.248 e. The van der Waals surface area contributed by atoms with Gasteiger partial charge in [-0.05, 0) is 40.2 Å². The second-order valence-corrected chi connectivity index (χ2v) is 6.34. The summed E-state index contributed by atoms with van der Waals surface area (Å²) in [5.74, 6) is 1.42. The SMILES string of the molecule is Cc1ccc(-c2nnn(Cc3nnc(-c4ccccc4Br)o3)n2)cc1. The molecule has 0 atom stereocenters. The fraction of sp³-hybridized carbons (Fsp3) is 0.118. The molecule has 4 aromatic rings. The summed E-state index contributed by atoms with van der Waals surface area (Å²) >= 11 is 3.48. The maximum atomic E-state index is 5.70. The van der Waals surface area contributed by atoms with Crippen molar-refractivity contribution in [2.24, 2.45) is 0 Å². The molecular formula is C17H13BrN6O. The first kappa shape index (κ1) is 15.6. The van der Waals surface area contributed by atoms with E-state index in [4.69, 9.17) is 4.42 Å². The minimum atomic E-state index is 0.260. The van der Waals surface area contributed by atoms with Crippen LogP contribution in [0.25, 0.3) is 22.8 Å². The van der Waals surface area contributed by atoms with Gasteiger partial charge in [0, 0.05) is 10.0 Å². The molecule has 0 N–H and O–H groups in total. The molecule has 0 aliphatic heterocycles. The van der Waals surface area contributed by atoms with Crippen molar-refractivity contribution in [1.29, 1.82) is 0 Å². The normalized spacial score (nSPS) is 11.0. The average molecular weight is 397 g/mol. The van der Waals surface area contributed by atoms with Crippen LogP contribution in [0.15, 0.2) is 57.4 Å². The van der Waals surface area contributed by atoms with Crippen LogP contribution in [0.5, 0.6) is 0 Å². The van der Waals surface area contributed by atoms with E-state index in [1.807, 2.05) is 55.5 Å². The van der Waals surface area contributed by atoms with Crippen molar-refractivity contribution < 1.29 is 4.42 Å². The summed E-state index contributed by atoms with van der Waals surface area (Å²) < 4.78 is 6.60. The minimum Gasteiger partial charge on any atom is -0.419 e. The van der Waals surface area contributed by atoms with Crippen molar-refractivity contribution in [2.45, 2.75) is 13.5 Å². The quantitative estimate of drug-likeness (QED) is 0.524. The Morgan fingerprint density at radius 2 is 1.80 bits per heavy atom. The molecular weight excluding hydrogens is 384 g/mol. The number of hydrogen-bond acceptors (Lipinski definition) is 6. The molecule has 4 rings (SSSR count). The molecule has 2 aromatic heterocycles. The summed E-state index contributed by atoms with van der Waals surface area (Å²) in [6.45, 7) is 2.29. The molecule has 0 radical (unpaired) electrons. The largest absolute Gasteiger partial charge is 0.419 e. The highest BCUT2D eigenvalue weighted by molar-refractivity contribution is 9.10. The summed E-state index contributed by atoms with van der Waals surface area (Å²) in [4.78, 5) is 1.44. The van der Waals surface area contributed by atoms with Gasteiger partial charge in [-0.3, -0.25) is 0 Å². The van der Waals surface area contributed by atoms with Crippen molar-refractivity contribution in [3.05, 3.63) is 64.5 Å². The third-order valence-electron chi connectivity index (χ3n) is 3.61. The zero-order valence-electron chi connectivity index (χ0n) is 13.3. The fourth-order valence-corrected chi connectivity index (χ4v) is 2.76. The van der Waals surface area contributed by atoms with Gasteiger partial charge in [-0.2, -0.15) is 4.80 Å². The van der Waals surface area contributed by atoms with Gasteiger partial charge >= 0.3 is 0 Å². The first-order chi connectivity index (χ1) is 12.2. The van der Waals surface area contributed by atoms with E-state index in [0.29, 0.717) is 17.6 Å². The molecule has 0 bridgehead atoms. The molecule has 0 unspecified atom stereocenters. The summed E-state index contributed by atoms with van der Waals surface area (Å²) in [5, 5.41) is 20.6. The van der Waals surface area contributed by atoms with Gasteiger partial charge in [-0.25, -0.2) is 0 Å². The molecule has 7 nitrogen and oxygen atoms in total. The zero-order chi connectivity index (χ0) is 17.2. The van der Waals surface area contributed by atoms with E-state index in [2.05, 4.69) is 41.5 Å². The van der Waals surface area contributed by atoms with E-state index in [1.165, 1.54) is 10.4 Å². The standard InChI is InChI=1S/C17H13BrN6O/c1-11-6-8-12(9-7-11)16-20-23-24(22-16)10-15-19-21-17(25-15)13-4-2-3-5-14(13)18/h2-9H,10H2,1H3. The highest BCUT2D eigenvalue weighted by Gasteiger charge is 2.13. The minimum absolute atomic E-state index is 0.260. The molecule has 0 saturated heterocycles. The van der Waals surface area contributed by atoms with E-state index >= 15 is 0 Å². The molecule has 0 amide bonds. The zero-order valence-corrected chi connectivity index (χ0v) is 14.9. The fourth-order valence-electron chi connectivity index (χ4n) is 2.31. The predicted molar refractivity (Wildman–Crippen MR) is 94.5 cm³/mol. The van der Waals surface area contributed by atoms with Crippen molar-refractivity contribution in [3.63, 3.8) is 0 Å². The lowest BCUT2D eigenvalue weighted by Crippen LogP contribution is -2.04. The molecule has 2 aromatic carbocycles. The Labute approximate surface area is 151 Å². The Kier molecular flexibility index (Phi) is 4.10. The van der Waals surface area contributed by atoms with Crippen LogP contribution >= 0.6 is 15.9 Å². The maximum absolute atomic E-state index is 5.70. The number of benzene rings is 2. The van der Waals surface area contributed by atoms with Gasteiger partial charge in [0.1, 0.15) is 6.54 Å². The van der Waals surface area contributed by atoms with Gasteiger partial charge in [0.25, 0.3) is 0 Å². The third kappa shape index (κ3) is 3.34. The Morgan fingerprint density at radius 1 is 1.00 bits per heavy atom. The lowest BCUT2D eigenvalue weighted by molar-refractivity contribution is 0.446. The molecule has 0 spiro atoms. The van der Waals surface area contributed by atoms with Gasteiger partial charge in [-0.1, -0.05) is 42.0 Å². The van der Waals surface area contributed by atoms with Gasteiger partial charge in [0.15, 0.2) is 0 Å². The van der Waals surface area contributed by atoms with Crippen LogP contribution in [0.4, 0.5) is 0 Å². The van der Waals surface area contributed by atoms with E-state index in [1.54, 1.807) is 0 Å². The molecule has 0 aliphatic carbocycles.